The molecule has 1 heterocycles. The van der Waals surface area contributed by atoms with Gasteiger partial charge in [0.1, 0.15) is 0 Å². The lowest BCUT2D eigenvalue weighted by molar-refractivity contribution is -0.143. The Labute approximate surface area is 117 Å². The van der Waals surface area contributed by atoms with E-state index in [1.807, 2.05) is 6.07 Å². The lowest BCUT2D eigenvalue weighted by Crippen LogP contribution is -2.29. The van der Waals surface area contributed by atoms with E-state index in [1.54, 1.807) is 12.1 Å². The van der Waals surface area contributed by atoms with Gasteiger partial charge >= 0.3 is 5.97 Å². The summed E-state index contributed by atoms with van der Waals surface area (Å²) in [7, 11) is 0. The van der Waals surface area contributed by atoms with E-state index >= 15 is 0 Å². The highest BCUT2D eigenvalue weighted by molar-refractivity contribution is 9.10. The smallest absolute Gasteiger partial charge is 0.311 e. The lowest BCUT2D eigenvalue weighted by atomic mass is 10.1. The van der Waals surface area contributed by atoms with Crippen LogP contribution in [0.4, 0.5) is 0 Å². The van der Waals surface area contributed by atoms with E-state index in [2.05, 4.69) is 20.9 Å². The molecule has 0 atom stereocenters. The third-order valence-corrected chi connectivity index (χ3v) is 4.06. The van der Waals surface area contributed by atoms with Crippen molar-refractivity contribution in [3.63, 3.8) is 0 Å². The van der Waals surface area contributed by atoms with Gasteiger partial charge in [-0.3, -0.25) is 14.2 Å². The average molecular weight is 323 g/mol. The Kier molecular flexibility index (Phi) is 2.70. The van der Waals surface area contributed by atoms with Crippen molar-refractivity contribution in [1.29, 1.82) is 0 Å². The second-order valence-corrected chi connectivity index (χ2v) is 5.84. The standard InChI is InChI=1S/C13H11BrN2O3/c14-8-1-2-10-9(5-8)11(17)16(7-15-10)6-13(3-4-13)12(18)19/h1-2,5,7H,3-4,6H2,(H,18,19). The molecule has 0 bridgehead atoms. The predicted molar refractivity (Wildman–Crippen MR) is 73.0 cm³/mol. The van der Waals surface area contributed by atoms with E-state index in [1.165, 1.54) is 10.9 Å². The molecule has 1 saturated carbocycles. The SMILES string of the molecule is O=C(O)C1(Cn2cnc3ccc(Br)cc3c2=O)CC1. The molecule has 5 nitrogen and oxygen atoms in total. The monoisotopic (exact) mass is 322 g/mol. The molecule has 0 amide bonds. The van der Waals surface area contributed by atoms with Gasteiger partial charge in [0, 0.05) is 11.0 Å². The average Bonchev–Trinajstić information content (AvgIpc) is 3.15. The van der Waals surface area contributed by atoms with Gasteiger partial charge in [-0.15, -0.1) is 0 Å². The second-order valence-electron chi connectivity index (χ2n) is 4.92. The second kappa shape index (κ2) is 4.16. The summed E-state index contributed by atoms with van der Waals surface area (Å²) in [6.07, 6.45) is 2.66. The summed E-state index contributed by atoms with van der Waals surface area (Å²) >= 11 is 3.32. The van der Waals surface area contributed by atoms with Gasteiger partial charge in [-0.05, 0) is 31.0 Å². The minimum Gasteiger partial charge on any atom is -0.481 e. The number of fused-ring (bicyclic) bond motifs is 1. The Hall–Kier alpha value is -1.69. The molecule has 0 spiro atoms. The van der Waals surface area contributed by atoms with Crippen LogP contribution >= 0.6 is 15.9 Å². The molecular formula is C13H11BrN2O3. The van der Waals surface area contributed by atoms with Crippen LogP contribution in [0.5, 0.6) is 0 Å². The van der Waals surface area contributed by atoms with E-state index in [4.69, 9.17) is 0 Å². The van der Waals surface area contributed by atoms with Crippen LogP contribution in [-0.4, -0.2) is 20.6 Å². The summed E-state index contributed by atoms with van der Waals surface area (Å²) in [6.45, 7) is 0.191. The van der Waals surface area contributed by atoms with Crippen molar-refractivity contribution in [2.75, 3.05) is 0 Å². The van der Waals surface area contributed by atoms with Crippen LogP contribution in [0, 0.1) is 5.41 Å². The van der Waals surface area contributed by atoms with Crippen LogP contribution < -0.4 is 5.56 Å². The van der Waals surface area contributed by atoms with Crippen LogP contribution in [0.25, 0.3) is 10.9 Å². The molecule has 0 saturated heterocycles. The predicted octanol–water partition coefficient (Wildman–Crippen LogP) is 2.02. The Morgan fingerprint density at radius 3 is 2.84 bits per heavy atom. The molecule has 1 fully saturated rings. The number of rotatable bonds is 3. The first-order valence-electron chi connectivity index (χ1n) is 5.90. The number of hydrogen-bond donors (Lipinski definition) is 1. The maximum Gasteiger partial charge on any atom is 0.311 e. The lowest BCUT2D eigenvalue weighted by Gasteiger charge is -2.12. The summed E-state index contributed by atoms with van der Waals surface area (Å²) in [4.78, 5) is 27.7. The van der Waals surface area contributed by atoms with Crippen molar-refractivity contribution in [2.24, 2.45) is 5.41 Å². The number of aromatic nitrogens is 2. The van der Waals surface area contributed by atoms with Gasteiger partial charge < -0.3 is 5.11 Å². The molecule has 0 aliphatic heterocycles. The summed E-state index contributed by atoms with van der Waals surface area (Å²) in [5.74, 6) is -0.839. The molecule has 1 aliphatic carbocycles. The zero-order valence-corrected chi connectivity index (χ0v) is 11.6. The van der Waals surface area contributed by atoms with Gasteiger partial charge in [-0.2, -0.15) is 0 Å². The van der Waals surface area contributed by atoms with Crippen molar-refractivity contribution in [3.8, 4) is 0 Å². The van der Waals surface area contributed by atoms with E-state index in [-0.39, 0.29) is 12.1 Å². The largest absolute Gasteiger partial charge is 0.481 e. The highest BCUT2D eigenvalue weighted by Gasteiger charge is 2.50. The normalized spacial score (nSPS) is 16.5. The van der Waals surface area contributed by atoms with Crippen LogP contribution in [0.15, 0.2) is 33.8 Å². The molecule has 0 radical (unpaired) electrons. The zero-order valence-electron chi connectivity index (χ0n) is 9.97. The fourth-order valence-corrected chi connectivity index (χ4v) is 2.52. The summed E-state index contributed by atoms with van der Waals surface area (Å²) in [6, 6.07) is 5.29. The topological polar surface area (TPSA) is 72.2 Å². The van der Waals surface area contributed by atoms with Crippen LogP contribution in [0.2, 0.25) is 0 Å². The minimum atomic E-state index is -0.839. The highest BCUT2D eigenvalue weighted by atomic mass is 79.9. The van der Waals surface area contributed by atoms with Gasteiger partial charge in [-0.1, -0.05) is 15.9 Å². The Morgan fingerprint density at radius 2 is 2.21 bits per heavy atom. The third-order valence-electron chi connectivity index (χ3n) is 3.57. The van der Waals surface area contributed by atoms with Crippen molar-refractivity contribution in [3.05, 3.63) is 39.4 Å². The van der Waals surface area contributed by atoms with Crippen LogP contribution in [0.3, 0.4) is 0 Å². The Balaban J connectivity index is 2.08. The fourth-order valence-electron chi connectivity index (χ4n) is 2.16. The van der Waals surface area contributed by atoms with Gasteiger partial charge in [0.25, 0.3) is 5.56 Å². The number of carboxylic acids is 1. The van der Waals surface area contributed by atoms with Crippen LogP contribution in [-0.2, 0) is 11.3 Å². The van der Waals surface area contributed by atoms with E-state index in [9.17, 15) is 14.7 Å². The highest BCUT2D eigenvalue weighted by Crippen LogP contribution is 2.47. The first-order valence-corrected chi connectivity index (χ1v) is 6.69. The molecule has 6 heteroatoms. The number of hydrogen-bond acceptors (Lipinski definition) is 3. The van der Waals surface area contributed by atoms with E-state index in [0.717, 1.165) is 4.47 Å². The quantitative estimate of drug-likeness (QED) is 0.938. The molecule has 0 unspecified atom stereocenters. The molecule has 1 N–H and O–H groups in total. The molecule has 2 aromatic rings. The maximum atomic E-state index is 12.3. The maximum absolute atomic E-state index is 12.3. The van der Waals surface area contributed by atoms with E-state index in [0.29, 0.717) is 23.7 Å². The summed E-state index contributed by atoms with van der Waals surface area (Å²) in [5.41, 5.74) is -0.353. The van der Waals surface area contributed by atoms with Crippen molar-refractivity contribution in [2.45, 2.75) is 19.4 Å². The van der Waals surface area contributed by atoms with Crippen LogP contribution in [0.1, 0.15) is 12.8 Å². The Morgan fingerprint density at radius 1 is 1.47 bits per heavy atom. The first kappa shape index (κ1) is 12.3. The summed E-state index contributed by atoms with van der Waals surface area (Å²) < 4.78 is 2.20. The first-order chi connectivity index (χ1) is 9.02. The molecule has 19 heavy (non-hydrogen) atoms. The Bertz CT molecular complexity index is 734. The number of nitrogens with zero attached hydrogens (tertiary/aromatic N) is 2. The molecular weight excluding hydrogens is 312 g/mol. The third kappa shape index (κ3) is 2.06. The number of benzene rings is 1. The number of aliphatic carboxylic acids is 1. The zero-order chi connectivity index (χ0) is 13.6. The van der Waals surface area contributed by atoms with E-state index < -0.39 is 11.4 Å². The number of halogens is 1. The van der Waals surface area contributed by atoms with Gasteiger partial charge in [0.15, 0.2) is 0 Å². The van der Waals surface area contributed by atoms with Gasteiger partial charge in [0.2, 0.25) is 0 Å². The minimum absolute atomic E-state index is 0.191. The van der Waals surface area contributed by atoms with Crippen molar-refractivity contribution in [1.82, 2.24) is 9.55 Å². The van der Waals surface area contributed by atoms with Crippen molar-refractivity contribution >= 4 is 32.8 Å². The van der Waals surface area contributed by atoms with Crippen molar-refractivity contribution < 1.29 is 9.90 Å². The molecule has 1 aliphatic rings. The molecule has 3 rings (SSSR count). The summed E-state index contributed by atoms with van der Waals surface area (Å²) in [5, 5.41) is 9.67. The number of carboxylic acid groups (broad SMARTS) is 1. The fraction of sp³-hybridized carbons (Fsp3) is 0.308. The number of carbonyl (C=O) groups is 1. The van der Waals surface area contributed by atoms with Gasteiger partial charge in [0.05, 0.1) is 22.6 Å². The molecule has 1 aromatic heterocycles. The van der Waals surface area contributed by atoms with Gasteiger partial charge in [-0.25, -0.2) is 4.98 Å². The molecule has 1 aromatic carbocycles. The molecule has 98 valence electrons.